The van der Waals surface area contributed by atoms with E-state index in [9.17, 15) is 4.79 Å². The molecule has 0 bridgehead atoms. The lowest BCUT2D eigenvalue weighted by Crippen LogP contribution is -2.45. The fourth-order valence-corrected chi connectivity index (χ4v) is 3.62. The minimum atomic E-state index is 0.192. The molecule has 4 nitrogen and oxygen atoms in total. The van der Waals surface area contributed by atoms with Gasteiger partial charge in [0.1, 0.15) is 0 Å². The SMILES string of the molecule is O=C([C@H]1CNCC12CCOCC2)N1CCCC1. The zero-order valence-corrected chi connectivity index (χ0v) is 10.4. The fourth-order valence-electron chi connectivity index (χ4n) is 3.62. The molecule has 17 heavy (non-hydrogen) atoms. The van der Waals surface area contributed by atoms with Crippen molar-refractivity contribution < 1.29 is 9.53 Å². The van der Waals surface area contributed by atoms with Crippen LogP contribution < -0.4 is 5.32 Å². The summed E-state index contributed by atoms with van der Waals surface area (Å²) in [7, 11) is 0. The normalized spacial score (nSPS) is 32.2. The number of likely N-dealkylation sites (tertiary alicyclic amines) is 1. The van der Waals surface area contributed by atoms with E-state index in [0.29, 0.717) is 5.91 Å². The highest BCUT2D eigenvalue weighted by Crippen LogP contribution is 2.42. The van der Waals surface area contributed by atoms with Crippen LogP contribution in [0.3, 0.4) is 0 Å². The van der Waals surface area contributed by atoms with Gasteiger partial charge < -0.3 is 15.0 Å². The predicted molar refractivity (Wildman–Crippen MR) is 64.7 cm³/mol. The van der Waals surface area contributed by atoms with E-state index in [0.717, 1.165) is 52.2 Å². The number of amides is 1. The summed E-state index contributed by atoms with van der Waals surface area (Å²) in [5, 5.41) is 3.43. The number of hydrogen-bond acceptors (Lipinski definition) is 3. The molecule has 0 aliphatic carbocycles. The Kier molecular flexibility index (Phi) is 3.09. The van der Waals surface area contributed by atoms with Crippen molar-refractivity contribution in [1.82, 2.24) is 10.2 Å². The van der Waals surface area contributed by atoms with Gasteiger partial charge in [-0.1, -0.05) is 0 Å². The highest BCUT2D eigenvalue weighted by Gasteiger charge is 2.48. The van der Waals surface area contributed by atoms with E-state index in [2.05, 4.69) is 10.2 Å². The van der Waals surface area contributed by atoms with Crippen LogP contribution >= 0.6 is 0 Å². The topological polar surface area (TPSA) is 41.6 Å². The van der Waals surface area contributed by atoms with Crippen LogP contribution in [0, 0.1) is 11.3 Å². The average molecular weight is 238 g/mol. The zero-order chi connectivity index (χ0) is 11.7. The van der Waals surface area contributed by atoms with Gasteiger partial charge in [0.2, 0.25) is 5.91 Å². The lowest BCUT2D eigenvalue weighted by molar-refractivity contribution is -0.139. The molecule has 0 aromatic carbocycles. The summed E-state index contributed by atoms with van der Waals surface area (Å²) in [6, 6.07) is 0. The number of nitrogens with zero attached hydrogens (tertiary/aromatic N) is 1. The highest BCUT2D eigenvalue weighted by atomic mass is 16.5. The van der Waals surface area contributed by atoms with Gasteiger partial charge in [-0.3, -0.25) is 4.79 Å². The Bertz CT molecular complexity index is 294. The van der Waals surface area contributed by atoms with Gasteiger partial charge in [0, 0.05) is 39.4 Å². The number of rotatable bonds is 1. The number of carbonyl (C=O) groups excluding carboxylic acids is 1. The molecule has 0 aromatic heterocycles. The molecule has 1 atom stereocenters. The molecule has 4 heteroatoms. The zero-order valence-electron chi connectivity index (χ0n) is 10.4. The third-order valence-electron chi connectivity index (χ3n) is 4.77. The van der Waals surface area contributed by atoms with Gasteiger partial charge in [0.25, 0.3) is 0 Å². The summed E-state index contributed by atoms with van der Waals surface area (Å²) in [4.78, 5) is 14.6. The van der Waals surface area contributed by atoms with Gasteiger partial charge in [0.15, 0.2) is 0 Å². The van der Waals surface area contributed by atoms with Crippen LogP contribution in [0.1, 0.15) is 25.7 Å². The summed E-state index contributed by atoms with van der Waals surface area (Å²) in [5.74, 6) is 0.596. The summed E-state index contributed by atoms with van der Waals surface area (Å²) in [6.07, 6.45) is 4.46. The van der Waals surface area contributed by atoms with E-state index in [-0.39, 0.29) is 11.3 Å². The van der Waals surface area contributed by atoms with E-state index in [4.69, 9.17) is 4.74 Å². The fraction of sp³-hybridized carbons (Fsp3) is 0.923. The first-order chi connectivity index (χ1) is 8.32. The smallest absolute Gasteiger partial charge is 0.227 e. The third-order valence-corrected chi connectivity index (χ3v) is 4.77. The number of ether oxygens (including phenoxy) is 1. The van der Waals surface area contributed by atoms with E-state index < -0.39 is 0 Å². The Morgan fingerprint density at radius 1 is 1.24 bits per heavy atom. The molecule has 1 amide bonds. The van der Waals surface area contributed by atoms with Crippen LogP contribution in [0.4, 0.5) is 0 Å². The molecule has 1 N–H and O–H groups in total. The number of nitrogens with one attached hydrogen (secondary N) is 1. The minimum absolute atomic E-state index is 0.192. The van der Waals surface area contributed by atoms with Crippen LogP contribution in [0.2, 0.25) is 0 Å². The molecular weight excluding hydrogens is 216 g/mol. The summed E-state index contributed by atoms with van der Waals surface area (Å²) >= 11 is 0. The van der Waals surface area contributed by atoms with Crippen molar-refractivity contribution in [3.8, 4) is 0 Å². The minimum Gasteiger partial charge on any atom is -0.381 e. The molecule has 1 spiro atoms. The molecule has 3 rings (SSSR count). The third kappa shape index (κ3) is 1.97. The van der Waals surface area contributed by atoms with E-state index in [1.165, 1.54) is 12.8 Å². The maximum atomic E-state index is 12.6. The maximum Gasteiger partial charge on any atom is 0.227 e. The van der Waals surface area contributed by atoms with Gasteiger partial charge in [-0.05, 0) is 31.1 Å². The van der Waals surface area contributed by atoms with Crippen LogP contribution in [0.5, 0.6) is 0 Å². The first-order valence-corrected chi connectivity index (χ1v) is 6.89. The molecule has 3 saturated heterocycles. The first kappa shape index (κ1) is 11.5. The second-order valence-corrected chi connectivity index (χ2v) is 5.69. The molecule has 0 saturated carbocycles. The predicted octanol–water partition coefficient (Wildman–Crippen LogP) is 0.625. The van der Waals surface area contributed by atoms with E-state index >= 15 is 0 Å². The Morgan fingerprint density at radius 2 is 1.94 bits per heavy atom. The molecule has 3 aliphatic heterocycles. The number of carbonyl (C=O) groups is 1. The second kappa shape index (κ2) is 4.58. The number of hydrogen-bond donors (Lipinski definition) is 1. The van der Waals surface area contributed by atoms with Gasteiger partial charge in [-0.15, -0.1) is 0 Å². The van der Waals surface area contributed by atoms with Gasteiger partial charge in [-0.2, -0.15) is 0 Å². The van der Waals surface area contributed by atoms with E-state index in [1.54, 1.807) is 0 Å². The van der Waals surface area contributed by atoms with Gasteiger partial charge >= 0.3 is 0 Å². The Labute approximate surface area is 103 Å². The van der Waals surface area contributed by atoms with Crippen molar-refractivity contribution >= 4 is 5.91 Å². The lowest BCUT2D eigenvalue weighted by atomic mass is 9.71. The average Bonchev–Trinajstić information content (AvgIpc) is 2.99. The van der Waals surface area contributed by atoms with Crippen LogP contribution in [-0.2, 0) is 9.53 Å². The molecule has 3 aliphatic rings. The molecule has 0 unspecified atom stereocenters. The molecule has 3 heterocycles. The molecule has 96 valence electrons. The van der Waals surface area contributed by atoms with Crippen molar-refractivity contribution in [3.05, 3.63) is 0 Å². The van der Waals surface area contributed by atoms with Gasteiger partial charge in [-0.25, -0.2) is 0 Å². The summed E-state index contributed by atoms with van der Waals surface area (Å²) in [6.45, 7) is 5.47. The Morgan fingerprint density at radius 3 is 2.65 bits per heavy atom. The van der Waals surface area contributed by atoms with Crippen molar-refractivity contribution in [3.63, 3.8) is 0 Å². The van der Waals surface area contributed by atoms with E-state index in [1.807, 2.05) is 0 Å². The summed E-state index contributed by atoms with van der Waals surface area (Å²) < 4.78 is 5.46. The second-order valence-electron chi connectivity index (χ2n) is 5.69. The first-order valence-electron chi connectivity index (χ1n) is 6.89. The Hall–Kier alpha value is -0.610. The van der Waals surface area contributed by atoms with Crippen molar-refractivity contribution in [2.45, 2.75) is 25.7 Å². The van der Waals surface area contributed by atoms with Crippen LogP contribution in [0.25, 0.3) is 0 Å². The Balaban J connectivity index is 1.74. The quantitative estimate of drug-likeness (QED) is 0.728. The lowest BCUT2D eigenvalue weighted by Gasteiger charge is -2.38. The monoisotopic (exact) mass is 238 g/mol. The summed E-state index contributed by atoms with van der Waals surface area (Å²) in [5.41, 5.74) is 0.192. The molecule has 0 radical (unpaired) electrons. The largest absolute Gasteiger partial charge is 0.381 e. The van der Waals surface area contributed by atoms with Crippen molar-refractivity contribution in [1.29, 1.82) is 0 Å². The van der Waals surface area contributed by atoms with Crippen molar-refractivity contribution in [2.24, 2.45) is 11.3 Å². The van der Waals surface area contributed by atoms with Crippen molar-refractivity contribution in [2.75, 3.05) is 39.4 Å². The molecular formula is C13H22N2O2. The van der Waals surface area contributed by atoms with Crippen LogP contribution in [-0.4, -0.2) is 50.2 Å². The maximum absolute atomic E-state index is 12.6. The van der Waals surface area contributed by atoms with Crippen LogP contribution in [0.15, 0.2) is 0 Å². The standard InChI is InChI=1S/C13H22N2O2/c16-12(15-5-1-2-6-15)11-9-14-10-13(11)3-7-17-8-4-13/h11,14H,1-10H2/t11-/m1/s1. The molecule has 0 aromatic rings. The highest BCUT2D eigenvalue weighted by molar-refractivity contribution is 5.80. The van der Waals surface area contributed by atoms with Gasteiger partial charge in [0.05, 0.1) is 5.92 Å². The molecule has 3 fully saturated rings.